The third-order valence-electron chi connectivity index (χ3n) is 3.47. The highest BCUT2D eigenvalue weighted by molar-refractivity contribution is 5.36. The van der Waals surface area contributed by atoms with Crippen LogP contribution in [0.15, 0.2) is 116 Å². The summed E-state index contributed by atoms with van der Waals surface area (Å²) in [4.78, 5) is 0. The molecule has 124 valence electrons. The predicted molar refractivity (Wildman–Crippen MR) is 108 cm³/mol. The van der Waals surface area contributed by atoms with Crippen LogP contribution in [0.2, 0.25) is 0 Å². The van der Waals surface area contributed by atoms with Gasteiger partial charge in [-0.2, -0.15) is 0 Å². The topological polar surface area (TPSA) is 12.0 Å². The van der Waals surface area contributed by atoms with E-state index in [-0.39, 0.29) is 6.04 Å². The molecule has 0 aliphatic carbocycles. The van der Waals surface area contributed by atoms with Crippen LogP contribution in [0, 0.1) is 0 Å². The van der Waals surface area contributed by atoms with Gasteiger partial charge in [-0.05, 0) is 23.6 Å². The summed E-state index contributed by atoms with van der Waals surface area (Å²) >= 11 is 0. The quantitative estimate of drug-likeness (QED) is 0.533. The molecule has 1 rings (SSSR count). The molecule has 1 aromatic rings. The van der Waals surface area contributed by atoms with E-state index >= 15 is 0 Å². The molecule has 0 aliphatic heterocycles. The first-order chi connectivity index (χ1) is 11.8. The van der Waals surface area contributed by atoms with Crippen molar-refractivity contribution >= 4 is 0 Å². The molecule has 1 unspecified atom stereocenters. The Balaban J connectivity index is 3.08. The minimum absolute atomic E-state index is 0.0743. The van der Waals surface area contributed by atoms with Gasteiger partial charge in [-0.1, -0.05) is 105 Å². The summed E-state index contributed by atoms with van der Waals surface area (Å²) in [6.07, 6.45) is 17.6. The van der Waals surface area contributed by atoms with Crippen molar-refractivity contribution in [3.8, 4) is 0 Å². The van der Waals surface area contributed by atoms with E-state index in [2.05, 4.69) is 55.4 Å². The van der Waals surface area contributed by atoms with Crippen LogP contribution in [0.4, 0.5) is 0 Å². The third kappa shape index (κ3) is 6.64. The maximum absolute atomic E-state index is 3.97. The highest BCUT2D eigenvalue weighted by atomic mass is 14.9. The first-order valence-electron chi connectivity index (χ1n) is 8.11. The van der Waals surface area contributed by atoms with Crippen LogP contribution in [0.5, 0.6) is 0 Å². The molecular weight excluding hydrogens is 290 g/mol. The number of hydrogen-bond donors (Lipinski definition) is 1. The van der Waals surface area contributed by atoms with Crippen LogP contribution >= 0.6 is 0 Å². The molecule has 0 amide bonds. The van der Waals surface area contributed by atoms with Gasteiger partial charge in [0.1, 0.15) is 0 Å². The molecule has 0 aliphatic rings. The summed E-state index contributed by atoms with van der Waals surface area (Å²) in [5.41, 5.74) is 3.48. The Morgan fingerprint density at radius 2 is 1.79 bits per heavy atom. The molecule has 1 nitrogen and oxygen atoms in total. The molecule has 0 aromatic heterocycles. The van der Waals surface area contributed by atoms with Crippen molar-refractivity contribution in [1.82, 2.24) is 5.32 Å². The van der Waals surface area contributed by atoms with Gasteiger partial charge in [0, 0.05) is 6.54 Å². The molecular formula is C23H27N. The number of hydrogen-bond acceptors (Lipinski definition) is 1. The number of benzene rings is 1. The lowest BCUT2D eigenvalue weighted by Gasteiger charge is -2.21. The summed E-state index contributed by atoms with van der Waals surface area (Å²) in [6.45, 7) is 14.2. The van der Waals surface area contributed by atoms with E-state index in [9.17, 15) is 0 Å². The number of allylic oxidation sites excluding steroid dienone is 7. The van der Waals surface area contributed by atoms with Crippen molar-refractivity contribution in [3.63, 3.8) is 0 Å². The van der Waals surface area contributed by atoms with Crippen molar-refractivity contribution in [2.24, 2.45) is 0 Å². The highest BCUT2D eigenvalue weighted by Crippen LogP contribution is 2.23. The minimum Gasteiger partial charge on any atom is -0.302 e. The van der Waals surface area contributed by atoms with Crippen molar-refractivity contribution in [3.05, 3.63) is 121 Å². The molecule has 0 bridgehead atoms. The summed E-state index contributed by atoms with van der Waals surface area (Å²) in [7, 11) is 0. The lowest BCUT2D eigenvalue weighted by Crippen LogP contribution is -2.24. The van der Waals surface area contributed by atoms with Gasteiger partial charge in [0.05, 0.1) is 6.04 Å². The third-order valence-corrected chi connectivity index (χ3v) is 3.47. The second-order valence-electron chi connectivity index (χ2n) is 5.19. The molecule has 24 heavy (non-hydrogen) atoms. The van der Waals surface area contributed by atoms with Gasteiger partial charge < -0.3 is 5.32 Å². The molecule has 1 aromatic carbocycles. The highest BCUT2D eigenvalue weighted by Gasteiger charge is 2.13. The molecule has 0 saturated heterocycles. The van der Waals surface area contributed by atoms with Gasteiger partial charge in [-0.15, -0.1) is 0 Å². The van der Waals surface area contributed by atoms with Gasteiger partial charge in [-0.3, -0.25) is 0 Å². The first kappa shape index (κ1) is 19.4. The van der Waals surface area contributed by atoms with Crippen molar-refractivity contribution < 1.29 is 0 Å². The minimum atomic E-state index is 0.0743. The Kier molecular flexibility index (Phi) is 9.59. The van der Waals surface area contributed by atoms with E-state index in [0.717, 1.165) is 17.7 Å². The molecule has 0 heterocycles. The lowest BCUT2D eigenvalue weighted by atomic mass is 9.97. The summed E-state index contributed by atoms with van der Waals surface area (Å²) in [6, 6.07) is 10.5. The maximum atomic E-state index is 3.97. The average molecular weight is 317 g/mol. The predicted octanol–water partition coefficient (Wildman–Crippen LogP) is 5.86. The lowest BCUT2D eigenvalue weighted by molar-refractivity contribution is 0.644. The largest absolute Gasteiger partial charge is 0.302 e. The average Bonchev–Trinajstić information content (AvgIpc) is 2.62. The van der Waals surface area contributed by atoms with Gasteiger partial charge in [0.15, 0.2) is 0 Å². The van der Waals surface area contributed by atoms with Crippen molar-refractivity contribution in [2.75, 3.05) is 6.54 Å². The SMILES string of the molecule is C=C/C=C\C(=C/C=C)CNC(/C(C=C)=C/C=C\C)c1ccccc1. The van der Waals surface area contributed by atoms with Crippen LogP contribution in [0.3, 0.4) is 0 Å². The molecule has 0 fully saturated rings. The molecule has 1 atom stereocenters. The van der Waals surface area contributed by atoms with Crippen LogP contribution in [0.25, 0.3) is 0 Å². The zero-order valence-corrected chi connectivity index (χ0v) is 14.5. The van der Waals surface area contributed by atoms with Crippen LogP contribution in [-0.2, 0) is 0 Å². The van der Waals surface area contributed by atoms with Crippen molar-refractivity contribution in [2.45, 2.75) is 13.0 Å². The van der Waals surface area contributed by atoms with Crippen LogP contribution in [-0.4, -0.2) is 6.54 Å². The Morgan fingerprint density at radius 1 is 1.04 bits per heavy atom. The first-order valence-corrected chi connectivity index (χ1v) is 8.11. The van der Waals surface area contributed by atoms with E-state index in [1.165, 1.54) is 5.56 Å². The van der Waals surface area contributed by atoms with Crippen LogP contribution < -0.4 is 5.32 Å². The van der Waals surface area contributed by atoms with Crippen LogP contribution in [0.1, 0.15) is 18.5 Å². The standard InChI is InChI=1S/C23H27N/c1-5-9-15-20(14-7-3)19-24-23(21(8-4)16-10-6-2)22-17-12-11-13-18-22/h5-18,23-24H,1,3-4,19H2,2H3/b10-6-,15-9-,20-14+,21-16+. The molecule has 0 saturated carbocycles. The molecule has 1 heteroatoms. The van der Waals surface area contributed by atoms with E-state index < -0.39 is 0 Å². The second-order valence-corrected chi connectivity index (χ2v) is 5.19. The molecule has 1 N–H and O–H groups in total. The second kappa shape index (κ2) is 11.9. The van der Waals surface area contributed by atoms with Gasteiger partial charge in [0.25, 0.3) is 0 Å². The molecule has 0 radical (unpaired) electrons. The summed E-state index contributed by atoms with van der Waals surface area (Å²) in [5, 5.41) is 3.61. The number of nitrogens with one attached hydrogen (secondary N) is 1. The monoisotopic (exact) mass is 317 g/mol. The van der Waals surface area contributed by atoms with Gasteiger partial charge in [0.2, 0.25) is 0 Å². The van der Waals surface area contributed by atoms with Crippen molar-refractivity contribution in [1.29, 1.82) is 0 Å². The molecule has 0 spiro atoms. The van der Waals surface area contributed by atoms with E-state index in [0.29, 0.717) is 0 Å². The smallest absolute Gasteiger partial charge is 0.0579 e. The zero-order valence-electron chi connectivity index (χ0n) is 14.5. The summed E-state index contributed by atoms with van der Waals surface area (Å²) in [5.74, 6) is 0. The Bertz CT molecular complexity index is 642. The number of rotatable bonds is 10. The fourth-order valence-corrected chi connectivity index (χ4v) is 2.30. The fraction of sp³-hybridized carbons (Fsp3) is 0.130. The van der Waals surface area contributed by atoms with Gasteiger partial charge >= 0.3 is 0 Å². The fourth-order valence-electron chi connectivity index (χ4n) is 2.30. The normalized spacial score (nSPS) is 14.0. The van der Waals surface area contributed by atoms with E-state index in [4.69, 9.17) is 0 Å². The summed E-state index contributed by atoms with van der Waals surface area (Å²) < 4.78 is 0. The zero-order chi connectivity index (χ0) is 17.6. The van der Waals surface area contributed by atoms with E-state index in [1.54, 1.807) is 12.2 Å². The Hall–Kier alpha value is -2.64. The maximum Gasteiger partial charge on any atom is 0.0579 e. The van der Waals surface area contributed by atoms with Gasteiger partial charge in [-0.25, -0.2) is 0 Å². The Morgan fingerprint density at radius 3 is 2.38 bits per heavy atom. The Labute approximate surface area is 146 Å². The van der Waals surface area contributed by atoms with E-state index in [1.807, 2.05) is 49.4 Å².